The smallest absolute Gasteiger partial charge is 0.313 e. The van der Waals surface area contributed by atoms with Crippen LogP contribution in [0.1, 0.15) is 10.4 Å². The summed E-state index contributed by atoms with van der Waals surface area (Å²) in [5.41, 5.74) is -0.180. The summed E-state index contributed by atoms with van der Waals surface area (Å²) < 4.78 is 5.41. The maximum absolute atomic E-state index is 11.0. The minimum absolute atomic E-state index is 0.0254. The molecule has 0 spiro atoms. The van der Waals surface area contributed by atoms with Gasteiger partial charge in [0.05, 0.1) is 20.5 Å². The van der Waals surface area contributed by atoms with Crippen LogP contribution in [0.5, 0.6) is 11.5 Å². The number of halogens is 3. The van der Waals surface area contributed by atoms with Crippen LogP contribution in [0.25, 0.3) is 0 Å². The molecule has 0 aliphatic rings. The molecule has 0 bridgehead atoms. The minimum atomic E-state index is -0.664. The van der Waals surface area contributed by atoms with Crippen molar-refractivity contribution in [1.29, 1.82) is 0 Å². The first kappa shape index (κ1) is 15.6. The normalized spacial score (nSPS) is 10.2. The topological polar surface area (TPSA) is 69.4 Å². The molecule has 21 heavy (non-hydrogen) atoms. The molecule has 0 saturated carbocycles. The number of hydrogen-bond donors (Lipinski definition) is 0. The van der Waals surface area contributed by atoms with Crippen molar-refractivity contribution in [2.45, 2.75) is 0 Å². The van der Waals surface area contributed by atoms with Crippen LogP contribution >= 0.6 is 34.8 Å². The number of hydrogen-bond acceptors (Lipinski definition) is 4. The van der Waals surface area contributed by atoms with E-state index in [1.807, 2.05) is 0 Å². The predicted octanol–water partition coefficient (Wildman–Crippen LogP) is 5.16. The van der Waals surface area contributed by atoms with E-state index in [9.17, 15) is 14.9 Å². The van der Waals surface area contributed by atoms with Gasteiger partial charge < -0.3 is 4.74 Å². The Morgan fingerprint density at radius 2 is 1.71 bits per heavy atom. The Balaban J connectivity index is 2.53. The van der Waals surface area contributed by atoms with E-state index in [4.69, 9.17) is 39.5 Å². The Labute approximate surface area is 134 Å². The molecule has 0 atom stereocenters. The number of carbonyl (C=O) groups excluding carboxylic acids is 1. The van der Waals surface area contributed by atoms with Gasteiger partial charge >= 0.3 is 5.69 Å². The fourth-order valence-electron chi connectivity index (χ4n) is 1.55. The molecule has 0 radical (unpaired) electrons. The van der Waals surface area contributed by atoms with Crippen molar-refractivity contribution < 1.29 is 14.5 Å². The highest BCUT2D eigenvalue weighted by Crippen LogP contribution is 2.39. The van der Waals surface area contributed by atoms with E-state index in [0.717, 1.165) is 6.07 Å². The van der Waals surface area contributed by atoms with E-state index >= 15 is 0 Å². The second kappa shape index (κ2) is 6.30. The summed E-state index contributed by atoms with van der Waals surface area (Å²) >= 11 is 17.4. The van der Waals surface area contributed by atoms with Gasteiger partial charge in [-0.1, -0.05) is 34.8 Å². The van der Waals surface area contributed by atoms with E-state index in [-0.39, 0.29) is 32.8 Å². The average Bonchev–Trinajstić information content (AvgIpc) is 2.42. The molecule has 0 aromatic heterocycles. The van der Waals surface area contributed by atoms with Gasteiger partial charge in [-0.25, -0.2) is 0 Å². The summed E-state index contributed by atoms with van der Waals surface area (Å²) in [4.78, 5) is 21.3. The largest absolute Gasteiger partial charge is 0.449 e. The zero-order valence-corrected chi connectivity index (χ0v) is 12.4. The van der Waals surface area contributed by atoms with Crippen LogP contribution in [-0.4, -0.2) is 11.2 Å². The first-order valence-electron chi connectivity index (χ1n) is 5.48. The summed E-state index contributed by atoms with van der Waals surface area (Å²) in [6.07, 6.45) is 0.551. The van der Waals surface area contributed by atoms with Crippen molar-refractivity contribution in [1.82, 2.24) is 0 Å². The van der Waals surface area contributed by atoms with E-state index in [0.29, 0.717) is 11.3 Å². The molecule has 0 aliphatic heterocycles. The van der Waals surface area contributed by atoms with Crippen LogP contribution in [-0.2, 0) is 0 Å². The maximum atomic E-state index is 11.0. The molecular formula is C13H6Cl3NO4. The Morgan fingerprint density at radius 1 is 1.05 bits per heavy atom. The number of rotatable bonds is 4. The number of ether oxygens (including phenoxy) is 1. The van der Waals surface area contributed by atoms with Gasteiger partial charge in [0.1, 0.15) is 5.75 Å². The van der Waals surface area contributed by atoms with E-state index in [2.05, 4.69) is 0 Å². The summed E-state index contributed by atoms with van der Waals surface area (Å²) in [5.74, 6) is -0.0567. The number of benzene rings is 2. The number of carbonyl (C=O) groups is 1. The maximum Gasteiger partial charge on any atom is 0.313 e. The highest BCUT2D eigenvalue weighted by molar-refractivity contribution is 6.42. The lowest BCUT2D eigenvalue weighted by Gasteiger charge is -2.09. The Kier molecular flexibility index (Phi) is 4.67. The summed E-state index contributed by atoms with van der Waals surface area (Å²) in [5, 5.41) is 11.5. The van der Waals surface area contributed by atoms with E-state index in [1.54, 1.807) is 0 Å². The monoisotopic (exact) mass is 345 g/mol. The number of nitrogens with zero attached hydrogens (tertiary/aromatic N) is 1. The summed E-state index contributed by atoms with van der Waals surface area (Å²) in [6, 6.07) is 6.59. The fraction of sp³-hybridized carbons (Fsp3) is 0. The molecular weight excluding hydrogens is 341 g/mol. The van der Waals surface area contributed by atoms with Crippen molar-refractivity contribution in [3.05, 3.63) is 61.1 Å². The predicted molar refractivity (Wildman–Crippen MR) is 80.0 cm³/mol. The Bertz CT molecular complexity index is 734. The third kappa shape index (κ3) is 3.44. The first-order chi connectivity index (χ1) is 9.92. The van der Waals surface area contributed by atoms with Crippen molar-refractivity contribution in [2.24, 2.45) is 0 Å². The molecule has 2 aromatic carbocycles. The van der Waals surface area contributed by atoms with Gasteiger partial charge in [0, 0.05) is 23.2 Å². The molecule has 2 aromatic rings. The van der Waals surface area contributed by atoms with Crippen LogP contribution in [0, 0.1) is 10.1 Å². The van der Waals surface area contributed by atoms with Crippen molar-refractivity contribution >= 4 is 46.8 Å². The van der Waals surface area contributed by atoms with Crippen molar-refractivity contribution in [3.8, 4) is 11.5 Å². The third-order valence-electron chi connectivity index (χ3n) is 2.52. The fourth-order valence-corrected chi connectivity index (χ4v) is 2.03. The number of nitro benzene ring substituents is 1. The van der Waals surface area contributed by atoms with Gasteiger partial charge in [-0.3, -0.25) is 14.9 Å². The van der Waals surface area contributed by atoms with Crippen molar-refractivity contribution in [3.63, 3.8) is 0 Å². The van der Waals surface area contributed by atoms with Crippen LogP contribution < -0.4 is 4.74 Å². The second-order valence-corrected chi connectivity index (χ2v) is 5.14. The molecule has 5 nitrogen and oxygen atoms in total. The summed E-state index contributed by atoms with van der Waals surface area (Å²) in [6.45, 7) is 0. The highest BCUT2D eigenvalue weighted by atomic mass is 35.5. The lowest BCUT2D eigenvalue weighted by atomic mass is 10.2. The highest BCUT2D eigenvalue weighted by Gasteiger charge is 2.20. The summed E-state index contributed by atoms with van der Waals surface area (Å²) in [7, 11) is 0. The van der Waals surface area contributed by atoms with Crippen LogP contribution in [0.3, 0.4) is 0 Å². The molecule has 0 amide bonds. The van der Waals surface area contributed by atoms with Gasteiger partial charge in [0.25, 0.3) is 0 Å². The molecule has 0 saturated heterocycles. The molecule has 0 fully saturated rings. The van der Waals surface area contributed by atoms with Gasteiger partial charge in [-0.15, -0.1) is 0 Å². The van der Waals surface area contributed by atoms with Gasteiger partial charge in [-0.2, -0.15) is 0 Å². The van der Waals surface area contributed by atoms with Gasteiger partial charge in [0.15, 0.2) is 6.29 Å². The Hall–Kier alpha value is -1.82. The van der Waals surface area contributed by atoms with Gasteiger partial charge in [0.2, 0.25) is 5.75 Å². The van der Waals surface area contributed by atoms with Crippen LogP contribution in [0.4, 0.5) is 5.69 Å². The zero-order chi connectivity index (χ0) is 15.6. The lowest BCUT2D eigenvalue weighted by molar-refractivity contribution is -0.385. The molecule has 0 unspecified atom stereocenters. The standard InChI is InChI=1S/C13H6Cl3NO4/c14-8-2-1-7(6-18)12(3-8)21-13-5-10(16)9(15)4-11(13)17(19)20/h1-6H. The molecule has 0 N–H and O–H groups in total. The quantitative estimate of drug-likeness (QED) is 0.435. The SMILES string of the molecule is O=Cc1ccc(Cl)cc1Oc1cc(Cl)c(Cl)cc1[N+](=O)[O-]. The minimum Gasteiger partial charge on any atom is -0.449 e. The van der Waals surface area contributed by atoms with Crippen molar-refractivity contribution in [2.75, 3.05) is 0 Å². The molecule has 8 heteroatoms. The molecule has 2 rings (SSSR count). The Morgan fingerprint density at radius 3 is 2.33 bits per heavy atom. The molecule has 0 aliphatic carbocycles. The number of aldehydes is 1. The molecule has 108 valence electrons. The first-order valence-corrected chi connectivity index (χ1v) is 6.61. The van der Waals surface area contributed by atoms with E-state index < -0.39 is 4.92 Å². The zero-order valence-electron chi connectivity index (χ0n) is 10.2. The van der Waals surface area contributed by atoms with Crippen LogP contribution in [0.2, 0.25) is 15.1 Å². The second-order valence-electron chi connectivity index (χ2n) is 3.89. The average molecular weight is 347 g/mol. The van der Waals surface area contributed by atoms with Crippen LogP contribution in [0.15, 0.2) is 30.3 Å². The van der Waals surface area contributed by atoms with E-state index in [1.165, 1.54) is 24.3 Å². The molecule has 0 heterocycles. The van der Waals surface area contributed by atoms with Gasteiger partial charge in [-0.05, 0) is 12.1 Å². The third-order valence-corrected chi connectivity index (χ3v) is 3.48. The lowest BCUT2D eigenvalue weighted by Crippen LogP contribution is -1.96. The number of nitro groups is 1.